The number of para-hydroxylation sites is 1. The fourth-order valence-electron chi connectivity index (χ4n) is 1.54. The Morgan fingerprint density at radius 1 is 1.16 bits per heavy atom. The van der Waals surface area contributed by atoms with Gasteiger partial charge in [-0.15, -0.1) is 0 Å². The molecule has 5 nitrogen and oxygen atoms in total. The first-order chi connectivity index (χ1) is 9.17. The molecule has 1 aromatic carbocycles. The molecular weight excluding hydrogens is 244 g/mol. The lowest BCUT2D eigenvalue weighted by molar-refractivity contribution is 0.215. The number of anilines is 1. The maximum atomic E-state index is 11.7. The van der Waals surface area contributed by atoms with E-state index in [1.165, 1.54) is 0 Å². The van der Waals surface area contributed by atoms with Crippen molar-refractivity contribution in [3.63, 3.8) is 0 Å². The van der Waals surface area contributed by atoms with Gasteiger partial charge >= 0.3 is 6.09 Å². The number of hydrogen-bond donors (Lipinski definition) is 1. The Labute approximate surface area is 111 Å². The smallest absolute Gasteiger partial charge is 0.418 e. The molecule has 98 valence electrons. The maximum absolute atomic E-state index is 11.7. The first kappa shape index (κ1) is 12.9. The minimum absolute atomic E-state index is 0.387. The van der Waals surface area contributed by atoms with Crippen LogP contribution in [0.25, 0.3) is 0 Å². The van der Waals surface area contributed by atoms with Gasteiger partial charge in [0.1, 0.15) is 17.3 Å². The van der Waals surface area contributed by atoms with E-state index in [1.807, 2.05) is 13.0 Å². The first-order valence-corrected chi connectivity index (χ1v) is 5.74. The number of ether oxygens (including phenoxy) is 2. The zero-order chi connectivity index (χ0) is 13.7. The van der Waals surface area contributed by atoms with Crippen LogP contribution in [0.4, 0.5) is 10.6 Å². The zero-order valence-corrected chi connectivity index (χ0v) is 10.7. The quantitative estimate of drug-likeness (QED) is 0.919. The zero-order valence-electron chi connectivity index (χ0n) is 10.7. The lowest BCUT2D eigenvalue weighted by Crippen LogP contribution is -2.17. The predicted molar refractivity (Wildman–Crippen MR) is 71.6 cm³/mol. The van der Waals surface area contributed by atoms with Crippen LogP contribution in [-0.2, 0) is 0 Å². The second-order valence-corrected chi connectivity index (χ2v) is 3.86. The summed E-state index contributed by atoms with van der Waals surface area (Å²) in [4.78, 5) is 15.9. The minimum atomic E-state index is -0.591. The van der Waals surface area contributed by atoms with Gasteiger partial charge in [-0.1, -0.05) is 18.2 Å². The molecule has 0 saturated carbocycles. The van der Waals surface area contributed by atoms with Gasteiger partial charge in [-0.25, -0.2) is 9.78 Å². The number of amides is 1. The van der Waals surface area contributed by atoms with Gasteiger partial charge in [0, 0.05) is 17.8 Å². The molecule has 1 aromatic heterocycles. The van der Waals surface area contributed by atoms with Crippen molar-refractivity contribution in [1.82, 2.24) is 4.98 Å². The van der Waals surface area contributed by atoms with Crippen LogP contribution in [0, 0.1) is 6.92 Å². The molecule has 0 aliphatic heterocycles. The molecule has 0 fully saturated rings. The number of aryl methyl sites for hydroxylation is 1. The van der Waals surface area contributed by atoms with Crippen molar-refractivity contribution in [2.24, 2.45) is 0 Å². The molecule has 2 aromatic rings. The second-order valence-electron chi connectivity index (χ2n) is 3.86. The standard InChI is InChI=1S/C14H14N2O3/c1-10-8-12(18-2)9-13(15-10)16-14(17)19-11-6-4-3-5-7-11/h3-9H,1-2H3,(H,15,16,17). The molecule has 1 amide bonds. The number of nitrogens with zero attached hydrogens (tertiary/aromatic N) is 1. The molecule has 1 heterocycles. The Balaban J connectivity index is 2.05. The van der Waals surface area contributed by atoms with Crippen LogP contribution in [0.15, 0.2) is 42.5 Å². The van der Waals surface area contributed by atoms with Crippen molar-refractivity contribution in [2.75, 3.05) is 12.4 Å². The molecule has 0 saturated heterocycles. The summed E-state index contributed by atoms with van der Waals surface area (Å²) < 4.78 is 10.2. The highest BCUT2D eigenvalue weighted by Gasteiger charge is 2.07. The van der Waals surface area contributed by atoms with Crippen molar-refractivity contribution in [2.45, 2.75) is 6.92 Å². The number of pyridine rings is 1. The number of carbonyl (C=O) groups is 1. The summed E-state index contributed by atoms with van der Waals surface area (Å²) in [5, 5.41) is 2.55. The Bertz CT molecular complexity index is 570. The molecule has 0 aliphatic rings. The monoisotopic (exact) mass is 258 g/mol. The van der Waals surface area contributed by atoms with Crippen molar-refractivity contribution in [1.29, 1.82) is 0 Å². The van der Waals surface area contributed by atoms with Crippen molar-refractivity contribution in [3.8, 4) is 11.5 Å². The predicted octanol–water partition coefficient (Wildman–Crippen LogP) is 3.01. The number of methoxy groups -OCH3 is 1. The molecule has 5 heteroatoms. The number of rotatable bonds is 3. The molecule has 2 rings (SSSR count). The van der Waals surface area contributed by atoms with Crippen molar-refractivity contribution in [3.05, 3.63) is 48.2 Å². The van der Waals surface area contributed by atoms with E-state index >= 15 is 0 Å². The molecule has 0 unspecified atom stereocenters. The van der Waals surface area contributed by atoms with Crippen LogP contribution in [0.2, 0.25) is 0 Å². The molecule has 0 bridgehead atoms. The van der Waals surface area contributed by atoms with Gasteiger partial charge in [-0.3, -0.25) is 5.32 Å². The Kier molecular flexibility index (Phi) is 3.97. The third kappa shape index (κ3) is 3.70. The highest BCUT2D eigenvalue weighted by molar-refractivity contribution is 5.85. The number of carbonyl (C=O) groups excluding carboxylic acids is 1. The van der Waals surface area contributed by atoms with E-state index in [2.05, 4.69) is 10.3 Å². The number of hydrogen-bond acceptors (Lipinski definition) is 4. The number of benzene rings is 1. The van der Waals surface area contributed by atoms with Crippen LogP contribution in [0.1, 0.15) is 5.69 Å². The lowest BCUT2D eigenvalue weighted by Gasteiger charge is -2.08. The van der Waals surface area contributed by atoms with Crippen molar-refractivity contribution < 1.29 is 14.3 Å². The van der Waals surface area contributed by atoms with Gasteiger partial charge in [0.15, 0.2) is 0 Å². The highest BCUT2D eigenvalue weighted by Crippen LogP contribution is 2.17. The summed E-state index contributed by atoms with van der Waals surface area (Å²) in [6.45, 7) is 1.82. The fourth-order valence-corrected chi connectivity index (χ4v) is 1.54. The lowest BCUT2D eigenvalue weighted by atomic mass is 10.3. The van der Waals surface area contributed by atoms with E-state index < -0.39 is 6.09 Å². The van der Waals surface area contributed by atoms with Crippen LogP contribution < -0.4 is 14.8 Å². The van der Waals surface area contributed by atoms with Crippen LogP contribution in [0.5, 0.6) is 11.5 Å². The SMILES string of the molecule is COc1cc(C)nc(NC(=O)Oc2ccccc2)c1. The summed E-state index contributed by atoms with van der Waals surface area (Å²) in [5.41, 5.74) is 0.745. The van der Waals surface area contributed by atoms with E-state index in [1.54, 1.807) is 43.5 Å². The van der Waals surface area contributed by atoms with E-state index in [4.69, 9.17) is 9.47 Å². The highest BCUT2D eigenvalue weighted by atomic mass is 16.6. The van der Waals surface area contributed by atoms with Gasteiger partial charge in [0.25, 0.3) is 0 Å². The average molecular weight is 258 g/mol. The summed E-state index contributed by atoms with van der Waals surface area (Å²) >= 11 is 0. The van der Waals surface area contributed by atoms with Crippen LogP contribution in [0.3, 0.4) is 0 Å². The summed E-state index contributed by atoms with van der Waals surface area (Å²) in [6.07, 6.45) is -0.591. The average Bonchev–Trinajstić information content (AvgIpc) is 2.38. The van der Waals surface area contributed by atoms with E-state index in [-0.39, 0.29) is 0 Å². The number of nitrogens with one attached hydrogen (secondary N) is 1. The Morgan fingerprint density at radius 2 is 1.89 bits per heavy atom. The summed E-state index contributed by atoms with van der Waals surface area (Å²) in [7, 11) is 1.56. The van der Waals surface area contributed by atoms with Gasteiger partial charge in [0.05, 0.1) is 7.11 Å². The Morgan fingerprint density at radius 3 is 2.58 bits per heavy atom. The van der Waals surface area contributed by atoms with Gasteiger partial charge in [0.2, 0.25) is 0 Å². The van der Waals surface area contributed by atoms with Crippen LogP contribution in [-0.4, -0.2) is 18.2 Å². The molecular formula is C14H14N2O3. The van der Waals surface area contributed by atoms with Crippen molar-refractivity contribution >= 4 is 11.9 Å². The van der Waals surface area contributed by atoms with Gasteiger partial charge in [-0.2, -0.15) is 0 Å². The molecule has 0 spiro atoms. The maximum Gasteiger partial charge on any atom is 0.418 e. The summed E-state index contributed by atoms with van der Waals surface area (Å²) in [5.74, 6) is 1.49. The molecule has 19 heavy (non-hydrogen) atoms. The minimum Gasteiger partial charge on any atom is -0.497 e. The fraction of sp³-hybridized carbons (Fsp3) is 0.143. The van der Waals surface area contributed by atoms with Gasteiger partial charge in [-0.05, 0) is 19.1 Å². The van der Waals surface area contributed by atoms with E-state index in [0.29, 0.717) is 17.3 Å². The molecule has 0 radical (unpaired) electrons. The third-order valence-electron chi connectivity index (χ3n) is 2.35. The van der Waals surface area contributed by atoms with E-state index in [0.717, 1.165) is 5.69 Å². The molecule has 0 aliphatic carbocycles. The molecule has 1 N–H and O–H groups in total. The largest absolute Gasteiger partial charge is 0.497 e. The van der Waals surface area contributed by atoms with Gasteiger partial charge < -0.3 is 9.47 Å². The second kappa shape index (κ2) is 5.86. The normalized spacial score (nSPS) is 9.79. The topological polar surface area (TPSA) is 60.5 Å². The van der Waals surface area contributed by atoms with Crippen LogP contribution >= 0.6 is 0 Å². The third-order valence-corrected chi connectivity index (χ3v) is 2.35. The van der Waals surface area contributed by atoms with E-state index in [9.17, 15) is 4.79 Å². The number of aromatic nitrogens is 1. The first-order valence-electron chi connectivity index (χ1n) is 5.74. The molecule has 0 atom stereocenters. The summed E-state index contributed by atoms with van der Waals surface area (Å²) in [6, 6.07) is 12.2. The Hall–Kier alpha value is -2.56.